The number of rotatable bonds is 7. The lowest BCUT2D eigenvalue weighted by atomic mass is 10.4. The Labute approximate surface area is 79.1 Å². The van der Waals surface area contributed by atoms with Gasteiger partial charge in [-0.25, -0.2) is 4.79 Å². The Morgan fingerprint density at radius 2 is 2.21 bits per heavy atom. The van der Waals surface area contributed by atoms with Crippen LogP contribution in [-0.4, -0.2) is 46.7 Å². The molecule has 1 unspecified atom stereocenters. The number of carboxylic acid groups (broad SMARTS) is 1. The first-order valence-electron chi connectivity index (χ1n) is 3.73. The second kappa shape index (κ2) is 6.11. The third-order valence-electron chi connectivity index (χ3n) is 1.32. The summed E-state index contributed by atoms with van der Waals surface area (Å²) >= 11 is 0. The highest BCUT2D eigenvalue weighted by Crippen LogP contribution is 1.97. The van der Waals surface area contributed by atoms with Gasteiger partial charge in [0.1, 0.15) is 0 Å². The second-order valence-electron chi connectivity index (χ2n) is 2.45. The Kier molecular flexibility index (Phi) is 5.49. The number of hydrogen-bond donors (Lipinski definition) is 2. The molecule has 2 atom stereocenters. The molecule has 0 radical (unpaired) electrons. The highest BCUT2D eigenvalue weighted by molar-refractivity contribution is 5.71. The van der Waals surface area contributed by atoms with Crippen LogP contribution in [0.4, 0.5) is 0 Å². The molecule has 0 aromatic carbocycles. The molecule has 82 valence electrons. The van der Waals surface area contributed by atoms with E-state index in [1.54, 1.807) is 0 Å². The summed E-state index contributed by atoms with van der Waals surface area (Å²) < 4.78 is 4.67. The highest BCUT2D eigenvalue weighted by Gasteiger charge is 2.17. The van der Waals surface area contributed by atoms with Gasteiger partial charge in [0.2, 0.25) is 0 Å². The number of carbonyl (C=O) groups is 1. The molecule has 14 heavy (non-hydrogen) atoms. The molecule has 0 aliphatic heterocycles. The molecule has 0 rings (SSSR count). The van der Waals surface area contributed by atoms with Crippen molar-refractivity contribution in [2.45, 2.75) is 19.1 Å². The van der Waals surface area contributed by atoms with Crippen LogP contribution in [0, 0.1) is 10.1 Å². The highest BCUT2D eigenvalue weighted by atomic mass is 17.0. The molecule has 0 aromatic rings. The van der Waals surface area contributed by atoms with E-state index >= 15 is 0 Å². The second-order valence-corrected chi connectivity index (χ2v) is 2.45. The molecule has 2 N–H and O–H groups in total. The normalized spacial score (nSPS) is 14.4. The molecule has 0 saturated heterocycles. The van der Waals surface area contributed by atoms with Crippen molar-refractivity contribution in [1.82, 2.24) is 0 Å². The fraction of sp³-hybridized carbons (Fsp3) is 0.833. The van der Waals surface area contributed by atoms with Gasteiger partial charge in [0.05, 0.1) is 13.2 Å². The Bertz CT molecular complexity index is 206. The van der Waals surface area contributed by atoms with Crippen molar-refractivity contribution in [3.8, 4) is 0 Å². The summed E-state index contributed by atoms with van der Waals surface area (Å²) in [7, 11) is 0. The summed E-state index contributed by atoms with van der Waals surface area (Å²) in [5.74, 6) is -1.19. The third-order valence-corrected chi connectivity index (χ3v) is 1.32. The first kappa shape index (κ1) is 12.6. The summed E-state index contributed by atoms with van der Waals surface area (Å²) in [6.07, 6.45) is -2.26. The predicted molar refractivity (Wildman–Crippen MR) is 42.0 cm³/mol. The van der Waals surface area contributed by atoms with Crippen molar-refractivity contribution in [1.29, 1.82) is 0 Å². The molecule has 0 saturated carbocycles. The average molecular weight is 209 g/mol. The van der Waals surface area contributed by atoms with Crippen LogP contribution in [0.25, 0.3) is 0 Å². The zero-order chi connectivity index (χ0) is 11.1. The summed E-state index contributed by atoms with van der Waals surface area (Å²) in [6, 6.07) is 0. The van der Waals surface area contributed by atoms with Gasteiger partial charge in [-0.2, -0.15) is 0 Å². The molecule has 0 heterocycles. The van der Waals surface area contributed by atoms with Crippen LogP contribution in [0.2, 0.25) is 0 Å². The summed E-state index contributed by atoms with van der Waals surface area (Å²) in [5.41, 5.74) is 0. The largest absolute Gasteiger partial charge is 0.479 e. The molecular weight excluding hydrogens is 198 g/mol. The molecule has 0 bridgehead atoms. The molecule has 0 fully saturated rings. The minimum atomic E-state index is -1.19. The lowest BCUT2D eigenvalue weighted by Gasteiger charge is -2.14. The van der Waals surface area contributed by atoms with Gasteiger partial charge in [0, 0.05) is 0 Å². The van der Waals surface area contributed by atoms with Crippen molar-refractivity contribution < 1.29 is 29.7 Å². The van der Waals surface area contributed by atoms with Gasteiger partial charge in [-0.05, 0) is 6.92 Å². The maximum Gasteiger partial charge on any atom is 0.332 e. The first-order chi connectivity index (χ1) is 6.47. The number of carboxylic acids is 1. The summed E-state index contributed by atoms with van der Waals surface area (Å²) in [4.78, 5) is 24.1. The van der Waals surface area contributed by atoms with Gasteiger partial charge in [-0.1, -0.05) is 0 Å². The van der Waals surface area contributed by atoms with Gasteiger partial charge < -0.3 is 19.8 Å². The van der Waals surface area contributed by atoms with Crippen LogP contribution in [0.5, 0.6) is 0 Å². The van der Waals surface area contributed by atoms with Crippen molar-refractivity contribution in [2.75, 3.05) is 13.2 Å². The Morgan fingerprint density at radius 3 is 2.57 bits per heavy atom. The molecule has 0 aliphatic rings. The van der Waals surface area contributed by atoms with Crippen molar-refractivity contribution in [3.63, 3.8) is 0 Å². The molecule has 0 aromatic heterocycles. The molecule has 8 nitrogen and oxygen atoms in total. The number of hydrogen-bond acceptors (Lipinski definition) is 6. The van der Waals surface area contributed by atoms with E-state index in [-0.39, 0.29) is 6.61 Å². The van der Waals surface area contributed by atoms with E-state index < -0.39 is 29.9 Å². The Hall–Kier alpha value is -1.41. The number of aliphatic hydroxyl groups excluding tert-OH is 1. The number of ether oxygens (including phenoxy) is 1. The van der Waals surface area contributed by atoms with Crippen LogP contribution < -0.4 is 0 Å². The number of aliphatic hydroxyl groups is 1. The quantitative estimate of drug-likeness (QED) is 0.409. The minimum absolute atomic E-state index is 0.356. The van der Waals surface area contributed by atoms with Gasteiger partial charge in [-0.3, -0.25) is 0 Å². The smallest absolute Gasteiger partial charge is 0.332 e. The van der Waals surface area contributed by atoms with E-state index in [0.29, 0.717) is 0 Å². The van der Waals surface area contributed by atoms with Crippen LogP contribution in [0.3, 0.4) is 0 Å². The zero-order valence-electron chi connectivity index (χ0n) is 7.45. The first-order valence-corrected chi connectivity index (χ1v) is 3.73. The van der Waals surface area contributed by atoms with Crippen molar-refractivity contribution in [2.24, 2.45) is 0 Å². The van der Waals surface area contributed by atoms with Gasteiger partial charge in [0.25, 0.3) is 5.09 Å². The third kappa shape index (κ3) is 5.27. The van der Waals surface area contributed by atoms with Gasteiger partial charge in [0.15, 0.2) is 12.2 Å². The van der Waals surface area contributed by atoms with E-state index in [9.17, 15) is 14.9 Å². The maximum absolute atomic E-state index is 10.3. The van der Waals surface area contributed by atoms with Crippen molar-refractivity contribution >= 4 is 5.97 Å². The fourth-order valence-electron chi connectivity index (χ4n) is 0.561. The number of nitrogens with zero attached hydrogens (tertiary/aromatic N) is 1. The molecule has 0 spiro atoms. The number of aliphatic carboxylic acids is 1. The molecule has 0 amide bonds. The Morgan fingerprint density at radius 1 is 1.64 bits per heavy atom. The van der Waals surface area contributed by atoms with Gasteiger partial charge >= 0.3 is 5.97 Å². The predicted octanol–water partition coefficient (Wildman–Crippen LogP) is -0.955. The molecule has 0 aliphatic carbocycles. The average Bonchev–Trinajstić information content (AvgIpc) is 2.10. The van der Waals surface area contributed by atoms with Crippen LogP contribution >= 0.6 is 0 Å². The van der Waals surface area contributed by atoms with Crippen LogP contribution in [0.15, 0.2) is 0 Å². The monoisotopic (exact) mass is 209 g/mol. The lowest BCUT2D eigenvalue weighted by Crippen LogP contribution is -2.31. The molecular formula is C6H11NO7. The van der Waals surface area contributed by atoms with E-state index in [2.05, 4.69) is 9.57 Å². The van der Waals surface area contributed by atoms with E-state index in [1.165, 1.54) is 6.92 Å². The summed E-state index contributed by atoms with van der Waals surface area (Å²) in [6.45, 7) is 0.293. The topological polar surface area (TPSA) is 119 Å². The zero-order valence-corrected chi connectivity index (χ0v) is 7.45. The van der Waals surface area contributed by atoms with E-state index in [1.807, 2.05) is 0 Å². The van der Waals surface area contributed by atoms with E-state index in [0.717, 1.165) is 0 Å². The van der Waals surface area contributed by atoms with Crippen LogP contribution in [-0.2, 0) is 14.4 Å². The summed E-state index contributed by atoms with van der Waals surface area (Å²) in [5, 5.41) is 25.7. The molecule has 8 heteroatoms. The maximum atomic E-state index is 10.3. The van der Waals surface area contributed by atoms with E-state index in [4.69, 9.17) is 10.2 Å². The van der Waals surface area contributed by atoms with Gasteiger partial charge in [-0.15, -0.1) is 10.1 Å². The SMILES string of the molecule is CC(OC[C@H](CO)O[N+](=O)[O-])C(=O)O. The van der Waals surface area contributed by atoms with Crippen molar-refractivity contribution in [3.05, 3.63) is 10.1 Å². The minimum Gasteiger partial charge on any atom is -0.479 e. The Balaban J connectivity index is 3.83. The fourth-order valence-corrected chi connectivity index (χ4v) is 0.561. The standard InChI is InChI=1S/C6H11NO7/c1-4(6(9)10)13-3-5(2-8)14-7(11)12/h4-5,8H,2-3H2,1H3,(H,9,10)/t4?,5-/m0/s1. The van der Waals surface area contributed by atoms with Crippen LogP contribution in [0.1, 0.15) is 6.92 Å². The lowest BCUT2D eigenvalue weighted by molar-refractivity contribution is -0.769.